The Kier molecular flexibility index (Phi) is 3.67. The second-order valence-corrected chi connectivity index (χ2v) is 6.87. The van der Waals surface area contributed by atoms with E-state index in [-0.39, 0.29) is 5.41 Å². The number of benzene rings is 1. The van der Waals surface area contributed by atoms with Gasteiger partial charge in [-0.25, -0.2) is 0 Å². The maximum Gasteiger partial charge on any atom is 0.115 e. The van der Waals surface area contributed by atoms with Crippen molar-refractivity contribution >= 4 is 0 Å². The highest BCUT2D eigenvalue weighted by Crippen LogP contribution is 2.49. The van der Waals surface area contributed by atoms with E-state index in [1.807, 2.05) is 12.1 Å². The lowest BCUT2D eigenvalue weighted by atomic mass is 9.59. The SMILES string of the molecule is C[C@H]1[C@@H]2Cc3ccc(O)cc3[C@@]1(C)CCN2CCCC#N. The average Bonchev–Trinajstić information content (AvgIpc) is 2.46. The highest BCUT2D eigenvalue weighted by atomic mass is 16.3. The molecule has 1 heterocycles. The van der Waals surface area contributed by atoms with Crippen LogP contribution in [0.1, 0.15) is 44.2 Å². The summed E-state index contributed by atoms with van der Waals surface area (Å²) in [5, 5.41) is 18.6. The van der Waals surface area contributed by atoms with Crippen molar-refractivity contribution in [3.05, 3.63) is 29.3 Å². The van der Waals surface area contributed by atoms with E-state index >= 15 is 0 Å². The molecule has 3 atom stereocenters. The smallest absolute Gasteiger partial charge is 0.115 e. The Balaban J connectivity index is 1.89. The van der Waals surface area contributed by atoms with E-state index in [1.54, 1.807) is 0 Å². The predicted octanol–water partition coefficient (Wildman–Crippen LogP) is 3.22. The number of phenolic OH excluding ortho intramolecular Hbond substituents is 1. The molecule has 3 heteroatoms. The fourth-order valence-electron chi connectivity index (χ4n) is 4.33. The van der Waals surface area contributed by atoms with Crippen LogP contribution >= 0.6 is 0 Å². The lowest BCUT2D eigenvalue weighted by molar-refractivity contribution is 0.0309. The number of fused-ring (bicyclic) bond motifs is 4. The van der Waals surface area contributed by atoms with Gasteiger partial charge in [-0.05, 0) is 66.9 Å². The van der Waals surface area contributed by atoms with Crippen LogP contribution in [0.15, 0.2) is 18.2 Å². The van der Waals surface area contributed by atoms with Crippen LogP contribution in [0.3, 0.4) is 0 Å². The van der Waals surface area contributed by atoms with Gasteiger partial charge in [0.25, 0.3) is 0 Å². The molecule has 0 amide bonds. The molecule has 0 unspecified atom stereocenters. The minimum atomic E-state index is 0.169. The number of likely N-dealkylation sites (tertiary alicyclic amines) is 1. The van der Waals surface area contributed by atoms with Crippen molar-refractivity contribution in [2.45, 2.75) is 51.0 Å². The summed E-state index contributed by atoms with van der Waals surface area (Å²) in [5.41, 5.74) is 2.91. The molecule has 1 fully saturated rings. The molecule has 0 spiro atoms. The molecule has 21 heavy (non-hydrogen) atoms. The number of phenols is 1. The fraction of sp³-hybridized carbons (Fsp3) is 0.611. The molecule has 1 aliphatic carbocycles. The first-order valence-corrected chi connectivity index (χ1v) is 7.99. The molecule has 3 rings (SSSR count). The van der Waals surface area contributed by atoms with Gasteiger partial charge in [0.05, 0.1) is 6.07 Å². The Labute approximate surface area is 127 Å². The van der Waals surface area contributed by atoms with Crippen molar-refractivity contribution in [1.29, 1.82) is 5.26 Å². The summed E-state index contributed by atoms with van der Waals surface area (Å²) in [6.45, 7) is 6.85. The number of piperidine rings is 1. The Morgan fingerprint density at radius 2 is 2.29 bits per heavy atom. The quantitative estimate of drug-likeness (QED) is 0.867. The normalized spacial score (nSPS) is 31.5. The monoisotopic (exact) mass is 284 g/mol. The van der Waals surface area contributed by atoms with Crippen molar-refractivity contribution in [3.63, 3.8) is 0 Å². The standard InChI is InChI=1S/C18H24N2O/c1-13-17-11-14-5-6-15(21)12-16(14)18(13,2)7-10-20(17)9-4-3-8-19/h5-6,12-13,17,21H,3-4,7,9-11H2,1-2H3/t13-,17-,18-/m0/s1. The Bertz CT molecular complexity index is 577. The highest BCUT2D eigenvalue weighted by Gasteiger charge is 2.48. The van der Waals surface area contributed by atoms with Crippen molar-refractivity contribution < 1.29 is 5.11 Å². The van der Waals surface area contributed by atoms with Crippen LogP contribution in [0.2, 0.25) is 0 Å². The van der Waals surface area contributed by atoms with Gasteiger partial charge in [0, 0.05) is 12.5 Å². The summed E-state index contributed by atoms with van der Waals surface area (Å²) in [4.78, 5) is 2.58. The van der Waals surface area contributed by atoms with Crippen molar-refractivity contribution in [1.82, 2.24) is 4.90 Å². The second kappa shape index (κ2) is 5.35. The van der Waals surface area contributed by atoms with Gasteiger partial charge in [-0.15, -0.1) is 0 Å². The van der Waals surface area contributed by atoms with E-state index in [1.165, 1.54) is 11.1 Å². The van der Waals surface area contributed by atoms with Crippen LogP contribution in [-0.2, 0) is 11.8 Å². The lowest BCUT2D eigenvalue weighted by Crippen LogP contribution is -2.58. The summed E-state index contributed by atoms with van der Waals surface area (Å²) in [6, 6.07) is 8.71. The molecule has 0 aromatic heterocycles. The molecule has 0 saturated carbocycles. The largest absolute Gasteiger partial charge is 0.508 e. The fourth-order valence-corrected chi connectivity index (χ4v) is 4.33. The molecule has 2 aliphatic rings. The summed E-state index contributed by atoms with van der Waals surface area (Å²) < 4.78 is 0. The third-order valence-corrected chi connectivity index (χ3v) is 5.84. The van der Waals surface area contributed by atoms with Crippen molar-refractivity contribution in [3.8, 4) is 11.8 Å². The number of nitriles is 1. The molecular weight excluding hydrogens is 260 g/mol. The third kappa shape index (κ3) is 2.32. The van der Waals surface area contributed by atoms with Crippen LogP contribution in [0.4, 0.5) is 0 Å². The van der Waals surface area contributed by atoms with Crippen molar-refractivity contribution in [2.24, 2.45) is 5.92 Å². The number of nitrogens with zero attached hydrogens (tertiary/aromatic N) is 2. The Morgan fingerprint density at radius 3 is 3.05 bits per heavy atom. The minimum Gasteiger partial charge on any atom is -0.508 e. The summed E-state index contributed by atoms with van der Waals surface area (Å²) >= 11 is 0. The first kappa shape index (κ1) is 14.4. The number of unbranched alkanes of at least 4 members (excludes halogenated alkanes) is 1. The minimum absolute atomic E-state index is 0.169. The van der Waals surface area contributed by atoms with Gasteiger partial charge in [0.1, 0.15) is 5.75 Å². The molecular formula is C18H24N2O. The molecule has 2 bridgehead atoms. The maximum absolute atomic E-state index is 9.84. The summed E-state index contributed by atoms with van der Waals surface area (Å²) in [7, 11) is 0. The van der Waals surface area contributed by atoms with E-state index in [2.05, 4.69) is 30.9 Å². The van der Waals surface area contributed by atoms with Crippen LogP contribution in [-0.4, -0.2) is 29.1 Å². The second-order valence-electron chi connectivity index (χ2n) is 6.87. The molecule has 1 aromatic rings. The summed E-state index contributed by atoms with van der Waals surface area (Å²) in [6.07, 6.45) is 3.82. The van der Waals surface area contributed by atoms with E-state index in [4.69, 9.17) is 5.26 Å². The van der Waals surface area contributed by atoms with Crippen LogP contribution in [0.25, 0.3) is 0 Å². The molecule has 1 saturated heterocycles. The van der Waals surface area contributed by atoms with E-state index in [0.29, 0.717) is 24.1 Å². The topological polar surface area (TPSA) is 47.3 Å². The van der Waals surface area contributed by atoms with Gasteiger partial charge in [-0.1, -0.05) is 19.9 Å². The van der Waals surface area contributed by atoms with E-state index in [0.717, 1.165) is 32.4 Å². The van der Waals surface area contributed by atoms with Gasteiger partial charge in [0.15, 0.2) is 0 Å². The van der Waals surface area contributed by atoms with Crippen LogP contribution < -0.4 is 0 Å². The molecule has 1 aromatic carbocycles. The average molecular weight is 284 g/mol. The summed E-state index contributed by atoms with van der Waals surface area (Å²) in [5.74, 6) is 0.972. The molecule has 3 nitrogen and oxygen atoms in total. The maximum atomic E-state index is 9.84. The van der Waals surface area contributed by atoms with Gasteiger partial charge < -0.3 is 5.11 Å². The zero-order valence-corrected chi connectivity index (χ0v) is 13.0. The number of aromatic hydroxyl groups is 1. The van der Waals surface area contributed by atoms with Gasteiger partial charge >= 0.3 is 0 Å². The highest BCUT2D eigenvalue weighted by molar-refractivity contribution is 5.44. The molecule has 1 N–H and O–H groups in total. The third-order valence-electron chi connectivity index (χ3n) is 5.84. The van der Waals surface area contributed by atoms with Crippen LogP contribution in [0, 0.1) is 17.2 Å². The Hall–Kier alpha value is -1.53. The lowest BCUT2D eigenvalue weighted by Gasteiger charge is -2.54. The van der Waals surface area contributed by atoms with Gasteiger partial charge in [-0.3, -0.25) is 4.90 Å². The first-order valence-electron chi connectivity index (χ1n) is 7.99. The zero-order valence-electron chi connectivity index (χ0n) is 13.0. The zero-order chi connectivity index (χ0) is 15.0. The van der Waals surface area contributed by atoms with Crippen LogP contribution in [0.5, 0.6) is 5.75 Å². The molecule has 1 aliphatic heterocycles. The Morgan fingerprint density at radius 1 is 1.48 bits per heavy atom. The predicted molar refractivity (Wildman–Crippen MR) is 83.2 cm³/mol. The first-order chi connectivity index (χ1) is 10.1. The number of hydrogen-bond donors (Lipinski definition) is 1. The molecule has 0 radical (unpaired) electrons. The van der Waals surface area contributed by atoms with E-state index < -0.39 is 0 Å². The molecule has 112 valence electrons. The van der Waals surface area contributed by atoms with E-state index in [9.17, 15) is 5.11 Å². The van der Waals surface area contributed by atoms with Gasteiger partial charge in [0.2, 0.25) is 0 Å². The number of rotatable bonds is 3. The number of hydrogen-bond acceptors (Lipinski definition) is 3. The van der Waals surface area contributed by atoms with Crippen molar-refractivity contribution in [2.75, 3.05) is 13.1 Å². The van der Waals surface area contributed by atoms with Gasteiger partial charge in [-0.2, -0.15) is 5.26 Å².